The summed E-state index contributed by atoms with van der Waals surface area (Å²) in [6, 6.07) is 12.4. The Morgan fingerprint density at radius 1 is 1.19 bits per heavy atom. The molecular formula is C22H28N2O2S. The number of hydrogen-bond acceptors (Lipinski definition) is 3. The predicted molar refractivity (Wildman–Crippen MR) is 110 cm³/mol. The highest BCUT2D eigenvalue weighted by molar-refractivity contribution is 7.08. The van der Waals surface area contributed by atoms with Crippen molar-refractivity contribution in [1.82, 2.24) is 10.2 Å². The molecule has 0 bridgehead atoms. The largest absolute Gasteiger partial charge is 0.349 e. The number of carbonyl (C=O) groups excluding carboxylic acids is 2. The Bertz CT molecular complexity index is 722. The van der Waals surface area contributed by atoms with Gasteiger partial charge in [-0.3, -0.25) is 9.59 Å². The molecule has 1 aromatic carbocycles. The molecule has 1 aliphatic rings. The lowest BCUT2D eigenvalue weighted by atomic mass is 9.97. The molecule has 0 radical (unpaired) electrons. The number of aryl methyl sites for hydroxylation is 1. The van der Waals surface area contributed by atoms with Crippen molar-refractivity contribution in [2.45, 2.75) is 45.1 Å². The van der Waals surface area contributed by atoms with Gasteiger partial charge in [0.15, 0.2) is 0 Å². The van der Waals surface area contributed by atoms with Crippen molar-refractivity contribution in [2.24, 2.45) is 5.92 Å². The van der Waals surface area contributed by atoms with E-state index in [2.05, 4.69) is 36.5 Å². The standard InChI is InChI=1S/C22H28N2O2S/c1-17(7-8-18-5-3-2-4-6-18)15-21(25)24-12-9-20(10-13-24)23-22(26)19-11-14-27-16-19/h2-6,11,14,16-17,20H,7-10,12-13,15H2,1H3,(H,23,26). The molecule has 1 saturated heterocycles. The molecule has 3 rings (SSSR count). The molecule has 2 amide bonds. The van der Waals surface area contributed by atoms with Gasteiger partial charge in [0.1, 0.15) is 0 Å². The lowest BCUT2D eigenvalue weighted by molar-refractivity contribution is -0.133. The van der Waals surface area contributed by atoms with E-state index in [9.17, 15) is 9.59 Å². The number of rotatable bonds is 7. The fraction of sp³-hybridized carbons (Fsp3) is 0.455. The van der Waals surface area contributed by atoms with Crippen LogP contribution in [0.15, 0.2) is 47.2 Å². The molecule has 2 aromatic rings. The minimum atomic E-state index is -0.00411. The van der Waals surface area contributed by atoms with Crippen LogP contribution >= 0.6 is 11.3 Å². The van der Waals surface area contributed by atoms with Crippen LogP contribution in [0.1, 0.15) is 48.5 Å². The van der Waals surface area contributed by atoms with Gasteiger partial charge in [0.2, 0.25) is 5.91 Å². The molecule has 1 unspecified atom stereocenters. The van der Waals surface area contributed by atoms with E-state index >= 15 is 0 Å². The van der Waals surface area contributed by atoms with Crippen LogP contribution < -0.4 is 5.32 Å². The van der Waals surface area contributed by atoms with Gasteiger partial charge in [-0.2, -0.15) is 11.3 Å². The molecule has 1 atom stereocenters. The van der Waals surface area contributed by atoms with Gasteiger partial charge < -0.3 is 10.2 Å². The lowest BCUT2D eigenvalue weighted by Gasteiger charge is -2.33. The van der Waals surface area contributed by atoms with Gasteiger partial charge in [0, 0.05) is 36.5 Å². The van der Waals surface area contributed by atoms with Gasteiger partial charge in [0.25, 0.3) is 5.91 Å². The summed E-state index contributed by atoms with van der Waals surface area (Å²) < 4.78 is 0. The van der Waals surface area contributed by atoms with Gasteiger partial charge in [-0.25, -0.2) is 0 Å². The quantitative estimate of drug-likeness (QED) is 0.780. The highest BCUT2D eigenvalue weighted by atomic mass is 32.1. The number of nitrogens with one attached hydrogen (secondary N) is 1. The number of carbonyl (C=O) groups is 2. The zero-order valence-electron chi connectivity index (χ0n) is 15.9. The molecule has 0 aliphatic carbocycles. The molecular weight excluding hydrogens is 356 g/mol. The van der Waals surface area contributed by atoms with E-state index < -0.39 is 0 Å². The third-order valence-corrected chi connectivity index (χ3v) is 5.94. The summed E-state index contributed by atoms with van der Waals surface area (Å²) in [6.07, 6.45) is 4.33. The van der Waals surface area contributed by atoms with Crippen molar-refractivity contribution in [3.63, 3.8) is 0 Å². The molecule has 1 N–H and O–H groups in total. The van der Waals surface area contributed by atoms with Crippen molar-refractivity contribution in [3.8, 4) is 0 Å². The number of hydrogen-bond donors (Lipinski definition) is 1. The maximum atomic E-state index is 12.6. The second-order valence-electron chi connectivity index (χ2n) is 7.47. The predicted octanol–water partition coefficient (Wildman–Crippen LogP) is 4.13. The molecule has 1 aliphatic heterocycles. The first kappa shape index (κ1) is 19.6. The molecule has 0 saturated carbocycles. The van der Waals surface area contributed by atoms with Crippen LogP contribution in [0.3, 0.4) is 0 Å². The van der Waals surface area contributed by atoms with Crippen molar-refractivity contribution < 1.29 is 9.59 Å². The highest BCUT2D eigenvalue weighted by Crippen LogP contribution is 2.18. The maximum Gasteiger partial charge on any atom is 0.252 e. The summed E-state index contributed by atoms with van der Waals surface area (Å²) in [5, 5.41) is 6.87. The third-order valence-electron chi connectivity index (χ3n) is 5.26. The number of amides is 2. The first-order valence-electron chi connectivity index (χ1n) is 9.76. The summed E-state index contributed by atoms with van der Waals surface area (Å²) in [4.78, 5) is 26.7. The molecule has 5 heteroatoms. The Labute approximate surface area is 165 Å². The minimum absolute atomic E-state index is 0.00411. The number of piperidine rings is 1. The Kier molecular flexibility index (Phi) is 7.04. The normalized spacial score (nSPS) is 16.1. The maximum absolute atomic E-state index is 12.6. The van der Waals surface area contributed by atoms with Crippen LogP contribution in [-0.2, 0) is 11.2 Å². The second kappa shape index (κ2) is 9.70. The Morgan fingerprint density at radius 3 is 2.59 bits per heavy atom. The summed E-state index contributed by atoms with van der Waals surface area (Å²) in [6.45, 7) is 3.63. The zero-order chi connectivity index (χ0) is 19.1. The van der Waals surface area contributed by atoms with E-state index in [1.807, 2.05) is 27.8 Å². The van der Waals surface area contributed by atoms with Crippen LogP contribution in [0.2, 0.25) is 0 Å². The van der Waals surface area contributed by atoms with E-state index in [1.165, 1.54) is 16.9 Å². The second-order valence-corrected chi connectivity index (χ2v) is 8.25. The zero-order valence-corrected chi connectivity index (χ0v) is 16.7. The Morgan fingerprint density at radius 2 is 1.93 bits per heavy atom. The Hall–Kier alpha value is -2.14. The Balaban J connectivity index is 1.37. The average molecular weight is 385 g/mol. The SMILES string of the molecule is CC(CCc1ccccc1)CC(=O)N1CCC(NC(=O)c2ccsc2)CC1. The van der Waals surface area contributed by atoms with Gasteiger partial charge in [-0.15, -0.1) is 0 Å². The number of likely N-dealkylation sites (tertiary alicyclic amines) is 1. The fourth-order valence-electron chi connectivity index (χ4n) is 3.52. The van der Waals surface area contributed by atoms with Crippen LogP contribution in [0.4, 0.5) is 0 Å². The molecule has 1 aromatic heterocycles. The first-order valence-corrected chi connectivity index (χ1v) is 10.7. The van der Waals surface area contributed by atoms with E-state index in [0.29, 0.717) is 12.3 Å². The summed E-state index contributed by atoms with van der Waals surface area (Å²) in [5.41, 5.74) is 2.06. The molecule has 0 spiro atoms. The molecule has 4 nitrogen and oxygen atoms in total. The van der Waals surface area contributed by atoms with Crippen molar-refractivity contribution in [3.05, 3.63) is 58.3 Å². The van der Waals surface area contributed by atoms with Crippen molar-refractivity contribution >= 4 is 23.2 Å². The summed E-state index contributed by atoms with van der Waals surface area (Å²) in [5.74, 6) is 0.627. The summed E-state index contributed by atoms with van der Waals surface area (Å²) >= 11 is 1.53. The number of thiophene rings is 1. The lowest BCUT2D eigenvalue weighted by Crippen LogP contribution is -2.46. The molecule has 1 fully saturated rings. The van der Waals surface area contributed by atoms with Gasteiger partial charge >= 0.3 is 0 Å². The van der Waals surface area contributed by atoms with Crippen LogP contribution in [0.5, 0.6) is 0 Å². The molecule has 144 valence electrons. The summed E-state index contributed by atoms with van der Waals surface area (Å²) in [7, 11) is 0. The molecule has 27 heavy (non-hydrogen) atoms. The first-order chi connectivity index (χ1) is 13.1. The van der Waals surface area contributed by atoms with Crippen molar-refractivity contribution in [2.75, 3.05) is 13.1 Å². The monoisotopic (exact) mass is 384 g/mol. The fourth-order valence-corrected chi connectivity index (χ4v) is 4.16. The van der Waals surface area contributed by atoms with Crippen LogP contribution in [-0.4, -0.2) is 35.8 Å². The van der Waals surface area contributed by atoms with E-state index in [4.69, 9.17) is 0 Å². The number of nitrogens with zero attached hydrogens (tertiary/aromatic N) is 1. The van der Waals surface area contributed by atoms with Gasteiger partial charge in [-0.1, -0.05) is 37.3 Å². The topological polar surface area (TPSA) is 49.4 Å². The highest BCUT2D eigenvalue weighted by Gasteiger charge is 2.25. The van der Waals surface area contributed by atoms with Crippen molar-refractivity contribution in [1.29, 1.82) is 0 Å². The van der Waals surface area contributed by atoms with E-state index in [1.54, 1.807) is 0 Å². The van der Waals surface area contributed by atoms with Crippen LogP contribution in [0, 0.1) is 5.92 Å². The van der Waals surface area contributed by atoms with Gasteiger partial charge in [0.05, 0.1) is 0 Å². The number of benzene rings is 1. The average Bonchev–Trinajstić information content (AvgIpc) is 3.23. The van der Waals surface area contributed by atoms with Gasteiger partial charge in [-0.05, 0) is 48.6 Å². The third kappa shape index (κ3) is 5.93. The molecule has 2 heterocycles. The smallest absolute Gasteiger partial charge is 0.252 e. The minimum Gasteiger partial charge on any atom is -0.349 e. The van der Waals surface area contributed by atoms with E-state index in [0.717, 1.165) is 44.3 Å². The van der Waals surface area contributed by atoms with E-state index in [-0.39, 0.29) is 17.9 Å². The van der Waals surface area contributed by atoms with Crippen LogP contribution in [0.25, 0.3) is 0 Å².